The number of aliphatic carboxylic acids is 1. The molecular formula is C12H15FN2O4. The molecule has 1 rings (SSSR count). The fraction of sp³-hybridized carbons (Fsp3) is 0.417. The highest BCUT2D eigenvalue weighted by Gasteiger charge is 2.35. The molecule has 1 aromatic carbocycles. The van der Waals surface area contributed by atoms with E-state index in [1.807, 2.05) is 0 Å². The number of rotatable bonds is 5. The molecule has 19 heavy (non-hydrogen) atoms. The zero-order chi connectivity index (χ0) is 14.8. The van der Waals surface area contributed by atoms with Gasteiger partial charge in [0.15, 0.2) is 5.82 Å². The largest absolute Gasteiger partial charge is 0.480 e. The molecule has 0 amide bonds. The maximum absolute atomic E-state index is 13.9. The molecule has 1 aromatic rings. The van der Waals surface area contributed by atoms with Crippen molar-refractivity contribution in [2.75, 3.05) is 11.4 Å². The van der Waals surface area contributed by atoms with Crippen molar-refractivity contribution in [1.29, 1.82) is 0 Å². The van der Waals surface area contributed by atoms with Gasteiger partial charge in [0.2, 0.25) is 0 Å². The number of nitrogens with zero attached hydrogens (tertiary/aromatic N) is 2. The van der Waals surface area contributed by atoms with Gasteiger partial charge in [-0.15, -0.1) is 0 Å². The summed E-state index contributed by atoms with van der Waals surface area (Å²) >= 11 is 0. The smallest absolute Gasteiger partial charge is 0.328 e. The molecule has 1 N–H and O–H groups in total. The number of halogens is 1. The van der Waals surface area contributed by atoms with Gasteiger partial charge < -0.3 is 10.0 Å². The van der Waals surface area contributed by atoms with Crippen LogP contribution in [0.1, 0.15) is 20.8 Å². The summed E-state index contributed by atoms with van der Waals surface area (Å²) in [6.07, 6.45) is 0. The van der Waals surface area contributed by atoms with E-state index in [-0.39, 0.29) is 17.9 Å². The molecule has 0 saturated carbocycles. The number of hydrogen-bond donors (Lipinski definition) is 1. The van der Waals surface area contributed by atoms with Crippen LogP contribution in [0.3, 0.4) is 0 Å². The van der Waals surface area contributed by atoms with Gasteiger partial charge in [-0.3, -0.25) is 10.1 Å². The van der Waals surface area contributed by atoms with Gasteiger partial charge in [0.25, 0.3) is 5.69 Å². The monoisotopic (exact) mass is 270 g/mol. The number of anilines is 1. The topological polar surface area (TPSA) is 83.7 Å². The predicted molar refractivity (Wildman–Crippen MR) is 67.8 cm³/mol. The van der Waals surface area contributed by atoms with Gasteiger partial charge >= 0.3 is 5.97 Å². The van der Waals surface area contributed by atoms with Gasteiger partial charge in [-0.1, -0.05) is 0 Å². The lowest BCUT2D eigenvalue weighted by atomic mass is 10.0. The number of carbonyl (C=O) groups is 1. The summed E-state index contributed by atoms with van der Waals surface area (Å²) in [6, 6.07) is 3.16. The van der Waals surface area contributed by atoms with Gasteiger partial charge in [0.05, 0.1) is 16.7 Å². The number of benzene rings is 1. The Labute approximate surface area is 109 Å². The lowest BCUT2D eigenvalue weighted by molar-refractivity contribution is -0.385. The Morgan fingerprint density at radius 1 is 1.53 bits per heavy atom. The average molecular weight is 270 g/mol. The van der Waals surface area contributed by atoms with Crippen molar-refractivity contribution in [1.82, 2.24) is 0 Å². The first-order valence-corrected chi connectivity index (χ1v) is 5.66. The van der Waals surface area contributed by atoms with Gasteiger partial charge in [0.1, 0.15) is 5.54 Å². The molecule has 0 aromatic heterocycles. The molecule has 0 fully saturated rings. The van der Waals surface area contributed by atoms with Crippen molar-refractivity contribution in [2.45, 2.75) is 26.3 Å². The number of non-ortho nitro benzene ring substituents is 1. The highest BCUT2D eigenvalue weighted by atomic mass is 19.1. The minimum atomic E-state index is -1.31. The molecular weight excluding hydrogens is 255 g/mol. The molecule has 7 heteroatoms. The predicted octanol–water partition coefficient (Wildman–Crippen LogP) is 2.42. The van der Waals surface area contributed by atoms with E-state index < -0.39 is 22.2 Å². The Balaban J connectivity index is 3.27. The summed E-state index contributed by atoms with van der Waals surface area (Å²) in [6.45, 7) is 4.83. The van der Waals surface area contributed by atoms with Crippen LogP contribution in [0.25, 0.3) is 0 Å². The third-order valence-electron chi connectivity index (χ3n) is 2.95. The number of hydrogen-bond acceptors (Lipinski definition) is 4. The van der Waals surface area contributed by atoms with Crippen LogP contribution in [0.4, 0.5) is 15.8 Å². The van der Waals surface area contributed by atoms with E-state index in [2.05, 4.69) is 0 Å². The second-order valence-electron chi connectivity index (χ2n) is 4.50. The first-order chi connectivity index (χ1) is 8.71. The van der Waals surface area contributed by atoms with Gasteiger partial charge in [-0.25, -0.2) is 9.18 Å². The van der Waals surface area contributed by atoms with E-state index in [1.165, 1.54) is 24.8 Å². The molecule has 0 heterocycles. The normalized spacial score (nSPS) is 11.2. The lowest BCUT2D eigenvalue weighted by Gasteiger charge is -2.36. The van der Waals surface area contributed by atoms with Crippen LogP contribution in [-0.2, 0) is 4.79 Å². The van der Waals surface area contributed by atoms with Gasteiger partial charge in [-0.2, -0.15) is 0 Å². The lowest BCUT2D eigenvalue weighted by Crippen LogP contribution is -2.50. The third kappa shape index (κ3) is 2.81. The number of likely N-dealkylation sites (N-methyl/N-ethyl adjacent to an activating group) is 1. The van der Waals surface area contributed by atoms with E-state index in [4.69, 9.17) is 5.11 Å². The Kier molecular flexibility index (Phi) is 4.08. The summed E-state index contributed by atoms with van der Waals surface area (Å²) in [4.78, 5) is 22.4. The zero-order valence-corrected chi connectivity index (χ0v) is 10.9. The average Bonchev–Trinajstić information content (AvgIpc) is 2.31. The zero-order valence-electron chi connectivity index (χ0n) is 10.9. The van der Waals surface area contributed by atoms with Crippen LogP contribution in [0.15, 0.2) is 18.2 Å². The Hall–Kier alpha value is -2.18. The molecule has 0 aliphatic heterocycles. The molecule has 0 aliphatic carbocycles. The summed E-state index contributed by atoms with van der Waals surface area (Å²) in [5.41, 5.74) is -1.66. The molecule has 0 atom stereocenters. The highest BCUT2D eigenvalue weighted by molar-refractivity contribution is 5.82. The van der Waals surface area contributed by atoms with Crippen LogP contribution in [-0.4, -0.2) is 28.1 Å². The van der Waals surface area contributed by atoms with Crippen LogP contribution in [0, 0.1) is 15.9 Å². The van der Waals surface area contributed by atoms with Crippen molar-refractivity contribution >= 4 is 17.3 Å². The minimum Gasteiger partial charge on any atom is -0.480 e. The Morgan fingerprint density at radius 2 is 2.11 bits per heavy atom. The highest BCUT2D eigenvalue weighted by Crippen LogP contribution is 2.29. The standard InChI is InChI=1S/C12H15FN2O4/c1-4-14(12(2,3)11(16)17)10-6-5-8(15(18)19)7-9(10)13/h5-7H,4H2,1-3H3,(H,16,17). The Morgan fingerprint density at radius 3 is 2.47 bits per heavy atom. The van der Waals surface area contributed by atoms with Crippen molar-refractivity contribution in [3.8, 4) is 0 Å². The maximum atomic E-state index is 13.9. The molecule has 6 nitrogen and oxygen atoms in total. The van der Waals surface area contributed by atoms with E-state index in [1.54, 1.807) is 6.92 Å². The van der Waals surface area contributed by atoms with Crippen molar-refractivity contribution in [3.63, 3.8) is 0 Å². The first kappa shape index (κ1) is 14.9. The van der Waals surface area contributed by atoms with Gasteiger partial charge in [0, 0.05) is 12.6 Å². The van der Waals surface area contributed by atoms with E-state index in [0.29, 0.717) is 0 Å². The van der Waals surface area contributed by atoms with E-state index >= 15 is 0 Å². The Bertz CT molecular complexity index is 516. The quantitative estimate of drug-likeness (QED) is 0.656. The van der Waals surface area contributed by atoms with Crippen molar-refractivity contribution in [3.05, 3.63) is 34.1 Å². The second-order valence-corrected chi connectivity index (χ2v) is 4.50. The van der Waals surface area contributed by atoms with E-state index in [0.717, 1.165) is 12.1 Å². The number of carboxylic acids is 1. The summed E-state index contributed by atoms with van der Waals surface area (Å²) < 4.78 is 13.9. The molecule has 0 aliphatic rings. The van der Waals surface area contributed by atoms with Crippen molar-refractivity contribution in [2.24, 2.45) is 0 Å². The number of carboxylic acid groups (broad SMARTS) is 1. The van der Waals surface area contributed by atoms with Crippen LogP contribution >= 0.6 is 0 Å². The first-order valence-electron chi connectivity index (χ1n) is 5.66. The molecule has 104 valence electrons. The molecule has 0 unspecified atom stereocenters. The summed E-state index contributed by atoms with van der Waals surface area (Å²) in [5.74, 6) is -1.92. The fourth-order valence-corrected chi connectivity index (χ4v) is 1.81. The maximum Gasteiger partial charge on any atom is 0.328 e. The van der Waals surface area contributed by atoms with Crippen LogP contribution < -0.4 is 4.90 Å². The van der Waals surface area contributed by atoms with Crippen molar-refractivity contribution < 1.29 is 19.2 Å². The SMILES string of the molecule is CCN(c1ccc([N+](=O)[O-])cc1F)C(C)(C)C(=O)O. The molecule has 0 bridgehead atoms. The van der Waals surface area contributed by atoms with Crippen LogP contribution in [0.2, 0.25) is 0 Å². The number of nitro groups is 1. The second kappa shape index (κ2) is 5.21. The molecule has 0 radical (unpaired) electrons. The minimum absolute atomic E-state index is 0.0282. The molecule has 0 spiro atoms. The number of nitro benzene ring substituents is 1. The third-order valence-corrected chi connectivity index (χ3v) is 2.95. The van der Waals surface area contributed by atoms with Crippen LogP contribution in [0.5, 0.6) is 0 Å². The van der Waals surface area contributed by atoms with Gasteiger partial charge in [-0.05, 0) is 26.8 Å². The summed E-state index contributed by atoms with van der Waals surface area (Å²) in [5, 5.41) is 19.7. The molecule has 0 saturated heterocycles. The van der Waals surface area contributed by atoms with E-state index in [9.17, 15) is 19.3 Å². The summed E-state index contributed by atoms with van der Waals surface area (Å²) in [7, 11) is 0. The fourth-order valence-electron chi connectivity index (χ4n) is 1.81.